The van der Waals surface area contributed by atoms with Gasteiger partial charge in [-0.2, -0.15) is 0 Å². The summed E-state index contributed by atoms with van der Waals surface area (Å²) in [5.74, 6) is -0.0927. The second kappa shape index (κ2) is 7.78. The van der Waals surface area contributed by atoms with Crippen molar-refractivity contribution < 1.29 is 23.1 Å². The highest BCUT2D eigenvalue weighted by atomic mass is 19.1. The van der Waals surface area contributed by atoms with Gasteiger partial charge in [-0.3, -0.25) is 14.5 Å². The Hall–Kier alpha value is -4.13. The minimum atomic E-state index is -0.793. The number of carbonyl (C=O) groups is 1. The van der Waals surface area contributed by atoms with E-state index in [2.05, 4.69) is 0 Å². The molecule has 7 heteroatoms. The maximum atomic E-state index is 13.9. The molecule has 1 amide bonds. The average Bonchev–Trinajstić information content (AvgIpc) is 3.12. The van der Waals surface area contributed by atoms with E-state index in [0.717, 1.165) is 11.6 Å². The van der Waals surface area contributed by atoms with Crippen molar-refractivity contribution >= 4 is 22.6 Å². The molecule has 1 aliphatic rings. The van der Waals surface area contributed by atoms with Crippen LogP contribution in [-0.4, -0.2) is 20.1 Å². The van der Waals surface area contributed by atoms with Crippen LogP contribution in [-0.2, 0) is 0 Å². The van der Waals surface area contributed by atoms with Gasteiger partial charge in [-0.15, -0.1) is 0 Å². The number of benzene rings is 3. The third-order valence-corrected chi connectivity index (χ3v) is 5.87. The van der Waals surface area contributed by atoms with E-state index in [1.165, 1.54) is 31.3 Å². The highest BCUT2D eigenvalue weighted by molar-refractivity contribution is 6.10. The largest absolute Gasteiger partial charge is 0.493 e. The summed E-state index contributed by atoms with van der Waals surface area (Å²) in [4.78, 5) is 28.6. The molecule has 0 bridgehead atoms. The van der Waals surface area contributed by atoms with Crippen LogP contribution in [0.25, 0.3) is 11.0 Å². The Morgan fingerprint density at radius 2 is 1.64 bits per heavy atom. The topological polar surface area (TPSA) is 69.0 Å². The second-order valence-electron chi connectivity index (χ2n) is 7.84. The summed E-state index contributed by atoms with van der Waals surface area (Å²) in [7, 11) is 3.04. The van der Waals surface area contributed by atoms with E-state index in [1.807, 2.05) is 31.2 Å². The van der Waals surface area contributed by atoms with E-state index in [4.69, 9.17) is 13.9 Å². The van der Waals surface area contributed by atoms with Crippen LogP contribution in [0.2, 0.25) is 0 Å². The van der Waals surface area contributed by atoms with Gasteiger partial charge in [0.05, 0.1) is 31.2 Å². The molecule has 0 N–H and O–H groups in total. The number of hydrogen-bond donors (Lipinski definition) is 0. The number of carbonyl (C=O) groups excluding carboxylic acids is 1. The zero-order chi connectivity index (χ0) is 23.3. The molecule has 0 saturated carbocycles. The fraction of sp³-hybridized carbons (Fsp3) is 0.154. The Morgan fingerprint density at radius 3 is 2.33 bits per heavy atom. The lowest BCUT2D eigenvalue weighted by molar-refractivity contribution is 0.0971. The zero-order valence-electron chi connectivity index (χ0n) is 18.2. The standard InChI is InChI=1S/C26H20FNO5/c1-14-4-8-17(9-5-14)28-23(15-6-10-20(31-2)21(12-15)32-3)22-24(29)18-13-16(27)7-11-19(18)33-25(22)26(28)30/h4-13,23H,1-3H3. The first-order valence-electron chi connectivity index (χ1n) is 10.3. The average molecular weight is 445 g/mol. The molecule has 166 valence electrons. The van der Waals surface area contributed by atoms with Crippen LogP contribution in [0.15, 0.2) is 69.9 Å². The fourth-order valence-electron chi connectivity index (χ4n) is 4.26. The summed E-state index contributed by atoms with van der Waals surface area (Å²) in [6, 6.07) is 15.5. The maximum absolute atomic E-state index is 13.9. The molecule has 1 unspecified atom stereocenters. The van der Waals surface area contributed by atoms with Crippen molar-refractivity contribution in [2.75, 3.05) is 19.1 Å². The quantitative estimate of drug-likeness (QED) is 0.442. The number of nitrogens with zero attached hydrogens (tertiary/aromatic N) is 1. The third kappa shape index (κ3) is 3.24. The summed E-state index contributed by atoms with van der Waals surface area (Å²) in [5, 5.41) is 0.0813. The second-order valence-corrected chi connectivity index (χ2v) is 7.84. The van der Waals surface area contributed by atoms with E-state index in [9.17, 15) is 14.0 Å². The lowest BCUT2D eigenvalue weighted by Gasteiger charge is -2.26. The number of anilines is 1. The van der Waals surface area contributed by atoms with Crippen LogP contribution in [0.1, 0.15) is 33.3 Å². The summed E-state index contributed by atoms with van der Waals surface area (Å²) >= 11 is 0. The van der Waals surface area contributed by atoms with E-state index in [1.54, 1.807) is 18.2 Å². The predicted molar refractivity (Wildman–Crippen MR) is 122 cm³/mol. The molecular weight excluding hydrogens is 425 g/mol. The van der Waals surface area contributed by atoms with E-state index >= 15 is 0 Å². The van der Waals surface area contributed by atoms with Gasteiger partial charge in [0, 0.05) is 5.69 Å². The van der Waals surface area contributed by atoms with E-state index in [0.29, 0.717) is 22.7 Å². The van der Waals surface area contributed by atoms with Crippen LogP contribution in [0, 0.1) is 12.7 Å². The van der Waals surface area contributed by atoms with Gasteiger partial charge in [0.2, 0.25) is 5.76 Å². The Balaban J connectivity index is 1.81. The molecule has 1 aromatic heterocycles. The Kier molecular flexibility index (Phi) is 4.89. The molecule has 6 nitrogen and oxygen atoms in total. The summed E-state index contributed by atoms with van der Waals surface area (Å²) in [6.07, 6.45) is 0. The van der Waals surface area contributed by atoms with Crippen molar-refractivity contribution in [3.05, 3.63) is 99.2 Å². The summed E-state index contributed by atoms with van der Waals surface area (Å²) < 4.78 is 30.6. The van der Waals surface area contributed by atoms with Crippen LogP contribution in [0.4, 0.5) is 10.1 Å². The molecule has 0 fully saturated rings. The molecule has 1 atom stereocenters. The summed E-state index contributed by atoms with van der Waals surface area (Å²) in [5.41, 5.74) is 2.13. The molecule has 1 aliphatic heterocycles. The van der Waals surface area contributed by atoms with Gasteiger partial charge in [0.1, 0.15) is 11.4 Å². The molecular formula is C26H20FNO5. The maximum Gasteiger partial charge on any atom is 0.295 e. The molecule has 0 spiro atoms. The van der Waals surface area contributed by atoms with Gasteiger partial charge in [-0.05, 0) is 55.0 Å². The first-order valence-corrected chi connectivity index (χ1v) is 10.3. The number of ether oxygens (including phenoxy) is 2. The first kappa shape index (κ1) is 20.8. The fourth-order valence-corrected chi connectivity index (χ4v) is 4.26. The number of amides is 1. The SMILES string of the molecule is COc1ccc(C2c3c(oc4ccc(F)cc4c3=O)C(=O)N2c2ccc(C)cc2)cc1OC. The van der Waals surface area contributed by atoms with E-state index < -0.39 is 23.2 Å². The van der Waals surface area contributed by atoms with Gasteiger partial charge in [-0.25, -0.2) is 4.39 Å². The van der Waals surface area contributed by atoms with Crippen molar-refractivity contribution in [1.82, 2.24) is 0 Å². The number of aryl methyl sites for hydroxylation is 1. The first-order chi connectivity index (χ1) is 15.9. The molecule has 33 heavy (non-hydrogen) atoms. The molecule has 2 heterocycles. The smallest absolute Gasteiger partial charge is 0.295 e. The number of hydrogen-bond acceptors (Lipinski definition) is 5. The molecule has 3 aromatic carbocycles. The number of fused-ring (bicyclic) bond motifs is 2. The molecule has 0 aliphatic carbocycles. The Morgan fingerprint density at radius 1 is 0.909 bits per heavy atom. The van der Waals surface area contributed by atoms with Crippen LogP contribution < -0.4 is 19.8 Å². The Labute approximate surface area is 188 Å². The van der Waals surface area contributed by atoms with E-state index in [-0.39, 0.29) is 22.3 Å². The molecule has 5 rings (SSSR count). The van der Waals surface area contributed by atoms with Crippen molar-refractivity contribution in [2.24, 2.45) is 0 Å². The van der Waals surface area contributed by atoms with Crippen LogP contribution >= 0.6 is 0 Å². The lowest BCUT2D eigenvalue weighted by Crippen LogP contribution is -2.29. The normalized spacial score (nSPS) is 15.1. The lowest BCUT2D eigenvalue weighted by atomic mass is 9.97. The molecule has 0 saturated heterocycles. The minimum Gasteiger partial charge on any atom is -0.493 e. The van der Waals surface area contributed by atoms with Gasteiger partial charge >= 0.3 is 0 Å². The van der Waals surface area contributed by atoms with Gasteiger partial charge in [-0.1, -0.05) is 23.8 Å². The van der Waals surface area contributed by atoms with Crippen LogP contribution in [0.3, 0.4) is 0 Å². The van der Waals surface area contributed by atoms with Crippen molar-refractivity contribution in [2.45, 2.75) is 13.0 Å². The van der Waals surface area contributed by atoms with Crippen molar-refractivity contribution in [1.29, 1.82) is 0 Å². The monoisotopic (exact) mass is 445 g/mol. The highest BCUT2D eigenvalue weighted by Gasteiger charge is 2.44. The van der Waals surface area contributed by atoms with Gasteiger partial charge in [0.25, 0.3) is 5.91 Å². The van der Waals surface area contributed by atoms with Gasteiger partial charge < -0.3 is 13.9 Å². The van der Waals surface area contributed by atoms with Gasteiger partial charge in [0.15, 0.2) is 16.9 Å². The number of methoxy groups -OCH3 is 2. The predicted octanol–water partition coefficient (Wildman–Crippen LogP) is 5.01. The van der Waals surface area contributed by atoms with Crippen molar-refractivity contribution in [3.8, 4) is 11.5 Å². The molecule has 4 aromatic rings. The Bertz CT molecular complexity index is 1460. The number of rotatable bonds is 4. The highest BCUT2D eigenvalue weighted by Crippen LogP contribution is 2.43. The van der Waals surface area contributed by atoms with Crippen LogP contribution in [0.5, 0.6) is 11.5 Å². The number of halogens is 1. The van der Waals surface area contributed by atoms with Crippen molar-refractivity contribution in [3.63, 3.8) is 0 Å². The molecule has 0 radical (unpaired) electrons. The summed E-state index contributed by atoms with van der Waals surface area (Å²) in [6.45, 7) is 1.95. The third-order valence-electron chi connectivity index (χ3n) is 5.87. The minimum absolute atomic E-state index is 0.0560. The zero-order valence-corrected chi connectivity index (χ0v) is 18.2.